The zero-order chi connectivity index (χ0) is 9.61. The molecule has 5 nitrogen and oxygen atoms in total. The minimum absolute atomic E-state index is 0.194. The summed E-state index contributed by atoms with van der Waals surface area (Å²) in [5.41, 5.74) is 0. The molecular formula is C6H11NO4S. The first-order valence-corrected chi connectivity index (χ1v) is 4.93. The van der Waals surface area contributed by atoms with E-state index in [1.807, 2.05) is 0 Å². The molecular weight excluding hydrogens is 182 g/mol. The molecule has 0 atom stereocenters. The van der Waals surface area contributed by atoms with E-state index in [1.165, 1.54) is 0 Å². The molecule has 6 heteroatoms. The second-order valence-corrected chi connectivity index (χ2v) is 3.93. The van der Waals surface area contributed by atoms with E-state index in [0.717, 1.165) is 0 Å². The first kappa shape index (κ1) is 11.1. The summed E-state index contributed by atoms with van der Waals surface area (Å²) in [4.78, 5) is 10.0. The van der Waals surface area contributed by atoms with Gasteiger partial charge in [-0.1, -0.05) is 6.08 Å². The van der Waals surface area contributed by atoms with Gasteiger partial charge in [-0.3, -0.25) is 4.79 Å². The first-order chi connectivity index (χ1) is 5.48. The second-order valence-electron chi connectivity index (χ2n) is 2.12. The van der Waals surface area contributed by atoms with Gasteiger partial charge in [0.15, 0.2) is 5.75 Å². The topological polar surface area (TPSA) is 83.5 Å². The lowest BCUT2D eigenvalue weighted by Gasteiger charge is -2.01. The predicted octanol–water partition coefficient (Wildman–Crippen LogP) is -0.434. The Labute approximate surface area is 71.1 Å². The second kappa shape index (κ2) is 4.89. The van der Waals surface area contributed by atoms with Crippen molar-refractivity contribution in [3.63, 3.8) is 0 Å². The van der Waals surface area contributed by atoms with Gasteiger partial charge in [0, 0.05) is 6.54 Å². The van der Waals surface area contributed by atoms with E-state index in [1.54, 1.807) is 6.08 Å². The number of rotatable bonds is 6. The zero-order valence-electron chi connectivity index (χ0n) is 6.49. The van der Waals surface area contributed by atoms with E-state index in [9.17, 15) is 13.2 Å². The lowest BCUT2D eigenvalue weighted by Crippen LogP contribution is -2.30. The third kappa shape index (κ3) is 5.87. The van der Waals surface area contributed by atoms with Gasteiger partial charge in [-0.2, -0.15) is 0 Å². The van der Waals surface area contributed by atoms with E-state index >= 15 is 0 Å². The third-order valence-corrected chi connectivity index (χ3v) is 2.25. The summed E-state index contributed by atoms with van der Waals surface area (Å²) in [6.45, 7) is 3.58. The molecule has 0 bridgehead atoms. The third-order valence-electron chi connectivity index (χ3n) is 0.984. The molecule has 0 aliphatic rings. The van der Waals surface area contributed by atoms with Gasteiger partial charge in [0.2, 0.25) is 10.0 Å². The molecule has 0 rings (SSSR count). The lowest BCUT2D eigenvalue weighted by molar-refractivity contribution is -0.134. The summed E-state index contributed by atoms with van der Waals surface area (Å²) in [5.74, 6) is -2.24. The Morgan fingerprint density at radius 2 is 2.17 bits per heavy atom. The van der Waals surface area contributed by atoms with Crippen LogP contribution in [-0.4, -0.2) is 31.8 Å². The Hall–Kier alpha value is -0.880. The van der Waals surface area contributed by atoms with E-state index in [2.05, 4.69) is 11.3 Å². The normalized spacial score (nSPS) is 11.0. The molecule has 0 amide bonds. The Morgan fingerprint density at radius 1 is 1.58 bits per heavy atom. The fraction of sp³-hybridized carbons (Fsp3) is 0.500. The van der Waals surface area contributed by atoms with Crippen LogP contribution in [0.2, 0.25) is 0 Å². The average Bonchev–Trinajstić information content (AvgIpc) is 1.84. The highest BCUT2D eigenvalue weighted by atomic mass is 32.2. The largest absolute Gasteiger partial charge is 0.480 e. The van der Waals surface area contributed by atoms with Crippen molar-refractivity contribution in [1.82, 2.24) is 4.72 Å². The van der Waals surface area contributed by atoms with Gasteiger partial charge in [-0.25, -0.2) is 13.1 Å². The van der Waals surface area contributed by atoms with Crippen molar-refractivity contribution in [1.29, 1.82) is 0 Å². The maximum Gasteiger partial charge on any atom is 0.320 e. The molecule has 0 unspecified atom stereocenters. The number of hydrogen-bond donors (Lipinski definition) is 2. The number of carboxylic acids is 1. The van der Waals surface area contributed by atoms with Gasteiger partial charge in [-0.05, 0) is 6.42 Å². The molecule has 12 heavy (non-hydrogen) atoms. The summed E-state index contributed by atoms with van der Waals surface area (Å²) in [6.07, 6.45) is 2.03. The van der Waals surface area contributed by atoms with Crippen molar-refractivity contribution in [3.8, 4) is 0 Å². The van der Waals surface area contributed by atoms with Crippen molar-refractivity contribution in [2.24, 2.45) is 0 Å². The van der Waals surface area contributed by atoms with Gasteiger partial charge in [0.25, 0.3) is 0 Å². The molecule has 0 aliphatic heterocycles. The Balaban J connectivity index is 3.88. The highest BCUT2D eigenvalue weighted by Crippen LogP contribution is 1.85. The van der Waals surface area contributed by atoms with Crippen molar-refractivity contribution in [2.75, 3.05) is 12.3 Å². The molecule has 0 fully saturated rings. The molecule has 0 aromatic carbocycles. The molecule has 0 aliphatic carbocycles. The summed E-state index contributed by atoms with van der Waals surface area (Å²) in [7, 11) is -3.65. The van der Waals surface area contributed by atoms with Gasteiger partial charge < -0.3 is 5.11 Å². The molecule has 2 N–H and O–H groups in total. The van der Waals surface area contributed by atoms with E-state index < -0.39 is 21.7 Å². The number of nitrogens with one attached hydrogen (secondary N) is 1. The SMILES string of the molecule is C=CCCNS(=O)(=O)CC(=O)O. The minimum atomic E-state index is -3.65. The van der Waals surface area contributed by atoms with Crippen molar-refractivity contribution in [3.05, 3.63) is 12.7 Å². The number of carboxylic acid groups (broad SMARTS) is 1. The van der Waals surface area contributed by atoms with Crippen LogP contribution < -0.4 is 4.72 Å². The highest BCUT2D eigenvalue weighted by Gasteiger charge is 2.13. The summed E-state index contributed by atoms with van der Waals surface area (Å²) in [6, 6.07) is 0. The van der Waals surface area contributed by atoms with Crippen molar-refractivity contribution < 1.29 is 18.3 Å². The predicted molar refractivity (Wildman–Crippen MR) is 44.2 cm³/mol. The fourth-order valence-corrected chi connectivity index (χ4v) is 1.39. The fourth-order valence-electron chi connectivity index (χ4n) is 0.530. The van der Waals surface area contributed by atoms with E-state index in [4.69, 9.17) is 5.11 Å². The summed E-state index contributed by atoms with van der Waals surface area (Å²) in [5, 5.41) is 8.17. The van der Waals surface area contributed by atoms with Gasteiger partial charge >= 0.3 is 5.97 Å². The molecule has 0 saturated heterocycles. The van der Waals surface area contributed by atoms with Crippen LogP contribution in [0.5, 0.6) is 0 Å². The maximum absolute atomic E-state index is 10.8. The zero-order valence-corrected chi connectivity index (χ0v) is 7.30. The van der Waals surface area contributed by atoms with Gasteiger partial charge in [0.05, 0.1) is 0 Å². The van der Waals surface area contributed by atoms with Crippen LogP contribution in [-0.2, 0) is 14.8 Å². The van der Waals surface area contributed by atoms with Crippen LogP contribution in [0.4, 0.5) is 0 Å². The Kier molecular flexibility index (Phi) is 4.53. The Bertz CT molecular complexity index is 257. The lowest BCUT2D eigenvalue weighted by atomic mass is 10.4. The molecule has 70 valence electrons. The minimum Gasteiger partial charge on any atom is -0.480 e. The monoisotopic (exact) mass is 193 g/mol. The summed E-state index contributed by atoms with van der Waals surface area (Å²) >= 11 is 0. The van der Waals surface area contributed by atoms with Crippen LogP contribution in [0.3, 0.4) is 0 Å². The smallest absolute Gasteiger partial charge is 0.320 e. The molecule has 0 radical (unpaired) electrons. The van der Waals surface area contributed by atoms with Crippen LogP contribution in [0.15, 0.2) is 12.7 Å². The van der Waals surface area contributed by atoms with Crippen molar-refractivity contribution in [2.45, 2.75) is 6.42 Å². The van der Waals surface area contributed by atoms with Crippen molar-refractivity contribution >= 4 is 16.0 Å². The first-order valence-electron chi connectivity index (χ1n) is 3.28. The number of sulfonamides is 1. The average molecular weight is 193 g/mol. The van der Waals surface area contributed by atoms with Gasteiger partial charge in [-0.15, -0.1) is 6.58 Å². The Morgan fingerprint density at radius 3 is 2.58 bits per heavy atom. The highest BCUT2D eigenvalue weighted by molar-refractivity contribution is 7.90. The molecule has 0 saturated carbocycles. The quantitative estimate of drug-likeness (QED) is 0.442. The molecule has 0 heterocycles. The maximum atomic E-state index is 10.8. The van der Waals surface area contributed by atoms with Gasteiger partial charge in [0.1, 0.15) is 0 Å². The molecule has 0 spiro atoms. The standard InChI is InChI=1S/C6H11NO4S/c1-2-3-4-7-12(10,11)5-6(8)9/h2,7H,1,3-5H2,(H,8,9). The van der Waals surface area contributed by atoms with E-state index in [0.29, 0.717) is 6.42 Å². The van der Waals surface area contributed by atoms with Crippen LogP contribution in [0.25, 0.3) is 0 Å². The number of carbonyl (C=O) groups is 1. The van der Waals surface area contributed by atoms with Crippen LogP contribution in [0.1, 0.15) is 6.42 Å². The molecule has 0 aromatic heterocycles. The van der Waals surface area contributed by atoms with Crippen LogP contribution in [0, 0.1) is 0 Å². The summed E-state index contributed by atoms with van der Waals surface area (Å²) < 4.78 is 23.7. The van der Waals surface area contributed by atoms with Crippen LogP contribution >= 0.6 is 0 Å². The number of aliphatic carboxylic acids is 1. The number of hydrogen-bond acceptors (Lipinski definition) is 3. The van der Waals surface area contributed by atoms with E-state index in [-0.39, 0.29) is 6.54 Å². The molecule has 0 aromatic rings.